The van der Waals surface area contributed by atoms with Crippen LogP contribution in [0.1, 0.15) is 29.7 Å². The van der Waals surface area contributed by atoms with Crippen LogP contribution < -0.4 is 34.7 Å². The zero-order valence-corrected chi connectivity index (χ0v) is 16.3. The molecule has 0 spiro atoms. The van der Waals surface area contributed by atoms with Crippen LogP contribution in [-0.4, -0.2) is 22.1 Å². The van der Waals surface area contributed by atoms with Crippen molar-refractivity contribution in [3.8, 4) is 11.5 Å². The molecule has 2 aromatic rings. The molecule has 0 amide bonds. The van der Waals surface area contributed by atoms with E-state index < -0.39 is 0 Å². The van der Waals surface area contributed by atoms with Crippen molar-refractivity contribution in [3.05, 3.63) is 39.8 Å². The molecule has 3 rings (SSSR count). The normalized spacial score (nSPS) is 12.6. The van der Waals surface area contributed by atoms with E-state index in [0.717, 1.165) is 41.6 Å². The molecule has 0 saturated heterocycles. The summed E-state index contributed by atoms with van der Waals surface area (Å²) in [5.74, 6) is 0.733. The van der Waals surface area contributed by atoms with Crippen LogP contribution in [0.2, 0.25) is 0 Å². The van der Waals surface area contributed by atoms with Gasteiger partial charge in [0.15, 0.2) is 5.82 Å². The summed E-state index contributed by atoms with van der Waals surface area (Å²) in [4.78, 5) is 13.6. The Balaban J connectivity index is 0.000000706. The molecule has 106 valence electrons. The molecule has 0 N–H and O–H groups in total. The third-order valence-electron chi connectivity index (χ3n) is 3.33. The molecule has 6 heteroatoms. The van der Waals surface area contributed by atoms with E-state index in [9.17, 15) is 0 Å². The zero-order valence-electron chi connectivity index (χ0n) is 12.7. The van der Waals surface area contributed by atoms with Crippen molar-refractivity contribution in [1.29, 1.82) is 0 Å². The van der Waals surface area contributed by atoms with E-state index >= 15 is 0 Å². The maximum atomic E-state index is 8.25. The van der Waals surface area contributed by atoms with Crippen molar-refractivity contribution >= 4 is 15.9 Å². The number of nitrogens with zero attached hydrogens (tertiary/aromatic N) is 3. The quantitative estimate of drug-likeness (QED) is 0.508. The van der Waals surface area contributed by atoms with Crippen LogP contribution in [0.25, 0.3) is 11.5 Å². The molecule has 2 heterocycles. The Labute approximate surface area is 155 Å². The fraction of sp³-hybridized carbons (Fsp3) is 0.400. The number of fused-ring (bicyclic) bond motifs is 1. The number of aromatic nitrogens is 3. The summed E-state index contributed by atoms with van der Waals surface area (Å²) < 4.78 is 0.862. The molecule has 0 unspecified atom stereocenters. The van der Waals surface area contributed by atoms with Crippen LogP contribution in [0.5, 0.6) is 0 Å². The van der Waals surface area contributed by atoms with Gasteiger partial charge >= 0.3 is 29.6 Å². The second-order valence-corrected chi connectivity index (χ2v) is 5.43. The summed E-state index contributed by atoms with van der Waals surface area (Å²) in [6.07, 6.45) is 6.63. The largest absolute Gasteiger partial charge is 1.00 e. The molecule has 1 aliphatic rings. The molecule has 1 aliphatic carbocycles. The predicted octanol–water partition coefficient (Wildman–Crippen LogP) is -0.531. The number of halogens is 1. The summed E-state index contributed by atoms with van der Waals surface area (Å²) in [5.41, 5.74) is 4.46. The van der Waals surface area contributed by atoms with Gasteiger partial charge in [0.25, 0.3) is 0 Å². The Morgan fingerprint density at radius 1 is 1.10 bits per heavy atom. The first-order chi connectivity index (χ1) is 9.74. The van der Waals surface area contributed by atoms with Gasteiger partial charge in [0.1, 0.15) is 10.3 Å². The van der Waals surface area contributed by atoms with Crippen LogP contribution in [0, 0.1) is 6.92 Å². The van der Waals surface area contributed by atoms with Crippen molar-refractivity contribution < 1.29 is 34.7 Å². The van der Waals surface area contributed by atoms with Crippen LogP contribution in [-0.2, 0) is 12.8 Å². The first-order valence-electron chi connectivity index (χ1n) is 6.63. The first kappa shape index (κ1) is 18.7. The van der Waals surface area contributed by atoms with Gasteiger partial charge in [0, 0.05) is 11.9 Å². The van der Waals surface area contributed by atoms with Gasteiger partial charge in [-0.1, -0.05) is 6.07 Å². The predicted molar refractivity (Wildman–Crippen MR) is 80.3 cm³/mol. The maximum absolute atomic E-state index is 8.25. The molecular weight excluding hydrogens is 341 g/mol. The second-order valence-electron chi connectivity index (χ2n) is 4.68. The van der Waals surface area contributed by atoms with E-state index in [4.69, 9.17) is 5.11 Å². The average Bonchev–Trinajstić information content (AvgIpc) is 2.51. The third kappa shape index (κ3) is 4.57. The van der Waals surface area contributed by atoms with Gasteiger partial charge in [-0.15, -0.1) is 0 Å². The van der Waals surface area contributed by atoms with Gasteiger partial charge in [-0.3, -0.25) is 0 Å². The Morgan fingerprint density at radius 3 is 2.52 bits per heavy atom. The number of hydrogen-bond donors (Lipinski definition) is 0. The zero-order chi connectivity index (χ0) is 14.5. The Bertz CT molecular complexity index is 607. The Kier molecular flexibility index (Phi) is 7.98. The third-order valence-corrected chi connectivity index (χ3v) is 4.13. The van der Waals surface area contributed by atoms with Crippen LogP contribution in [0.4, 0.5) is 0 Å². The van der Waals surface area contributed by atoms with Crippen LogP contribution in [0.15, 0.2) is 22.9 Å². The average molecular weight is 358 g/mol. The minimum atomic E-state index is 0. The van der Waals surface area contributed by atoms with Gasteiger partial charge in [-0.05, 0) is 65.7 Å². The fourth-order valence-corrected chi connectivity index (χ4v) is 2.55. The molecule has 4 nitrogen and oxygen atoms in total. The monoisotopic (exact) mass is 357 g/mol. The molecule has 2 aromatic heterocycles. The molecule has 0 aromatic carbocycles. The maximum Gasteiger partial charge on any atom is 1.00 e. The Morgan fingerprint density at radius 2 is 1.81 bits per heavy atom. The molecule has 0 atom stereocenters. The molecular formula is C15H17BrN3NaO. The molecule has 0 saturated carbocycles. The standard InChI is InChI=1S/C14H14BrN3.CH3O.Na/c1-9-6-7-12(17-13(9)15)14-16-8-10-4-2-3-5-11(10)18-14;1-2;/h6-8H,2-5H2,1H3;1H3;/q;-1;+1. The summed E-state index contributed by atoms with van der Waals surface area (Å²) in [6.45, 7) is 2.02. The molecule has 0 aliphatic heterocycles. The van der Waals surface area contributed by atoms with E-state index in [1.54, 1.807) is 0 Å². The summed E-state index contributed by atoms with van der Waals surface area (Å²) in [5, 5.41) is 8.25. The van der Waals surface area contributed by atoms with Gasteiger partial charge in [-0.2, -0.15) is 7.11 Å². The molecule has 0 radical (unpaired) electrons. The van der Waals surface area contributed by atoms with E-state index in [1.165, 1.54) is 24.1 Å². The summed E-state index contributed by atoms with van der Waals surface area (Å²) in [7, 11) is 0.750. The van der Waals surface area contributed by atoms with Crippen molar-refractivity contribution in [2.75, 3.05) is 7.11 Å². The van der Waals surface area contributed by atoms with E-state index in [0.29, 0.717) is 0 Å². The van der Waals surface area contributed by atoms with E-state index in [2.05, 4.69) is 30.9 Å². The molecule has 0 bridgehead atoms. The van der Waals surface area contributed by atoms with Gasteiger partial charge in [0.2, 0.25) is 0 Å². The first-order valence-corrected chi connectivity index (χ1v) is 7.42. The van der Waals surface area contributed by atoms with Gasteiger partial charge in [-0.25, -0.2) is 15.0 Å². The van der Waals surface area contributed by atoms with Crippen LogP contribution >= 0.6 is 15.9 Å². The van der Waals surface area contributed by atoms with Gasteiger partial charge in [0.05, 0.1) is 0 Å². The van der Waals surface area contributed by atoms with Crippen molar-refractivity contribution in [3.63, 3.8) is 0 Å². The number of pyridine rings is 1. The topological polar surface area (TPSA) is 61.7 Å². The SMILES string of the molecule is C[O-].Cc1ccc(-c2ncc3c(n2)CCCC3)nc1Br.[Na+]. The Hall–Kier alpha value is -0.330. The number of rotatable bonds is 1. The van der Waals surface area contributed by atoms with Gasteiger partial charge < -0.3 is 5.11 Å². The molecule has 0 fully saturated rings. The number of aryl methyl sites for hydroxylation is 3. The minimum absolute atomic E-state index is 0. The van der Waals surface area contributed by atoms with Crippen LogP contribution in [0.3, 0.4) is 0 Å². The second kappa shape index (κ2) is 8.96. The molecule has 21 heavy (non-hydrogen) atoms. The van der Waals surface area contributed by atoms with Crippen molar-refractivity contribution in [2.24, 2.45) is 0 Å². The minimum Gasteiger partial charge on any atom is -0.857 e. The van der Waals surface area contributed by atoms with Crippen molar-refractivity contribution in [1.82, 2.24) is 15.0 Å². The van der Waals surface area contributed by atoms with E-state index in [1.807, 2.05) is 25.3 Å². The smallest absolute Gasteiger partial charge is 0.857 e. The number of hydrogen-bond acceptors (Lipinski definition) is 4. The van der Waals surface area contributed by atoms with Crippen molar-refractivity contribution in [2.45, 2.75) is 32.6 Å². The summed E-state index contributed by atoms with van der Waals surface area (Å²) in [6, 6.07) is 4.01. The summed E-state index contributed by atoms with van der Waals surface area (Å²) >= 11 is 3.45. The van der Waals surface area contributed by atoms with E-state index in [-0.39, 0.29) is 29.6 Å². The fourth-order valence-electron chi connectivity index (χ4n) is 2.23.